The van der Waals surface area contributed by atoms with E-state index in [0.717, 1.165) is 11.3 Å². The van der Waals surface area contributed by atoms with Gasteiger partial charge in [-0.2, -0.15) is 0 Å². The third-order valence-corrected chi connectivity index (χ3v) is 3.27. The smallest absolute Gasteiger partial charge is 0.296 e. The molecular weight excluding hydrogens is 268 g/mol. The predicted molar refractivity (Wildman–Crippen MR) is 78.2 cm³/mol. The van der Waals surface area contributed by atoms with Crippen molar-refractivity contribution in [2.75, 3.05) is 10.6 Å². The molecule has 0 unspecified atom stereocenters. The number of carbonyl (C=O) groups is 3. The fourth-order valence-electron chi connectivity index (χ4n) is 2.26. The second-order valence-electron chi connectivity index (χ2n) is 4.71. The molecule has 0 aliphatic carbocycles. The van der Waals surface area contributed by atoms with Crippen molar-refractivity contribution >= 4 is 29.0 Å². The highest BCUT2D eigenvalue weighted by Gasteiger charge is 2.26. The lowest BCUT2D eigenvalue weighted by Crippen LogP contribution is -2.12. The summed E-state index contributed by atoms with van der Waals surface area (Å²) in [5, 5.41) is 5.22. The largest absolute Gasteiger partial charge is 0.326 e. The fraction of sp³-hybridized carbons (Fsp3) is 0.0625. The van der Waals surface area contributed by atoms with Crippen LogP contribution in [-0.2, 0) is 16.0 Å². The van der Waals surface area contributed by atoms with Gasteiger partial charge in [0.05, 0.1) is 17.7 Å². The van der Waals surface area contributed by atoms with Gasteiger partial charge in [-0.1, -0.05) is 30.3 Å². The van der Waals surface area contributed by atoms with Crippen molar-refractivity contribution in [3.05, 3.63) is 59.7 Å². The molecule has 2 amide bonds. The van der Waals surface area contributed by atoms with Gasteiger partial charge in [0.1, 0.15) is 0 Å². The van der Waals surface area contributed by atoms with Crippen LogP contribution in [0.15, 0.2) is 48.5 Å². The Bertz CT molecular complexity index is 726. The molecule has 4 rings (SSSR count). The van der Waals surface area contributed by atoms with Gasteiger partial charge in [-0.05, 0) is 23.8 Å². The minimum absolute atomic E-state index is 0.0983. The van der Waals surface area contributed by atoms with Crippen molar-refractivity contribution in [1.82, 2.24) is 0 Å². The highest BCUT2D eigenvalue weighted by atomic mass is 16.2. The highest BCUT2D eigenvalue weighted by Crippen LogP contribution is 2.21. The van der Waals surface area contributed by atoms with Crippen LogP contribution in [0.2, 0.25) is 0 Å². The average Bonchev–Trinajstić information content (AvgIpc) is 3.00. The molecular formula is C16H12N2O3. The number of benzene rings is 2. The standard InChI is InChI=1S/C8H5NO2.C8H7NO/c10-7-5-3-1-2-4-6(5)9-8(7)11;10-8-5-6-3-1-2-4-7(6)9-8/h1-4H,(H,9,10,11);1-4H,5H2,(H,9,10). The topological polar surface area (TPSA) is 75.3 Å². The SMILES string of the molecule is O=C1Cc2ccccc2N1.O=C1Nc2ccccc2C1=O. The van der Waals surface area contributed by atoms with E-state index in [4.69, 9.17) is 0 Å². The van der Waals surface area contributed by atoms with Crippen LogP contribution in [0, 0.1) is 0 Å². The molecule has 0 spiro atoms. The second-order valence-corrected chi connectivity index (χ2v) is 4.71. The van der Waals surface area contributed by atoms with Crippen LogP contribution >= 0.6 is 0 Å². The van der Waals surface area contributed by atoms with Crippen molar-refractivity contribution in [1.29, 1.82) is 0 Å². The van der Waals surface area contributed by atoms with E-state index in [2.05, 4.69) is 10.6 Å². The lowest BCUT2D eigenvalue weighted by Gasteiger charge is -1.93. The quantitative estimate of drug-likeness (QED) is 0.725. The summed E-state index contributed by atoms with van der Waals surface area (Å²) in [5.41, 5.74) is 3.15. The number of anilines is 2. The Balaban J connectivity index is 0.000000126. The first-order valence-corrected chi connectivity index (χ1v) is 6.47. The molecule has 5 heteroatoms. The van der Waals surface area contributed by atoms with Crippen molar-refractivity contribution in [3.63, 3.8) is 0 Å². The molecule has 0 aromatic heterocycles. The fourth-order valence-corrected chi connectivity index (χ4v) is 2.26. The molecule has 2 aliphatic rings. The summed E-state index contributed by atoms with van der Waals surface area (Å²) in [6, 6.07) is 14.6. The first-order valence-electron chi connectivity index (χ1n) is 6.47. The van der Waals surface area contributed by atoms with Crippen LogP contribution < -0.4 is 10.6 Å². The first-order chi connectivity index (χ1) is 10.1. The predicted octanol–water partition coefficient (Wildman–Crippen LogP) is 2.00. The van der Waals surface area contributed by atoms with E-state index in [-0.39, 0.29) is 5.91 Å². The van der Waals surface area contributed by atoms with E-state index in [1.165, 1.54) is 0 Å². The lowest BCUT2D eigenvalue weighted by molar-refractivity contribution is -0.115. The molecule has 5 nitrogen and oxygen atoms in total. The van der Waals surface area contributed by atoms with Gasteiger partial charge in [-0.25, -0.2) is 0 Å². The number of carbonyl (C=O) groups excluding carboxylic acids is 3. The lowest BCUT2D eigenvalue weighted by atomic mass is 10.1. The average molecular weight is 280 g/mol. The molecule has 2 heterocycles. The van der Waals surface area contributed by atoms with E-state index in [0.29, 0.717) is 17.7 Å². The number of hydrogen-bond acceptors (Lipinski definition) is 3. The normalized spacial score (nSPS) is 14.6. The van der Waals surface area contributed by atoms with Crippen LogP contribution in [0.4, 0.5) is 11.4 Å². The summed E-state index contributed by atoms with van der Waals surface area (Å²) in [5.74, 6) is -0.881. The van der Waals surface area contributed by atoms with E-state index < -0.39 is 11.7 Å². The molecule has 2 aromatic rings. The van der Waals surface area contributed by atoms with Crippen molar-refractivity contribution in [2.24, 2.45) is 0 Å². The van der Waals surface area contributed by atoms with Crippen LogP contribution in [0.1, 0.15) is 15.9 Å². The number of hydrogen-bond donors (Lipinski definition) is 2. The molecule has 0 radical (unpaired) electrons. The van der Waals surface area contributed by atoms with E-state index in [1.54, 1.807) is 24.3 Å². The zero-order chi connectivity index (χ0) is 14.8. The highest BCUT2D eigenvalue weighted by molar-refractivity contribution is 6.51. The summed E-state index contributed by atoms with van der Waals surface area (Å²) in [4.78, 5) is 32.5. The van der Waals surface area contributed by atoms with E-state index in [9.17, 15) is 14.4 Å². The van der Waals surface area contributed by atoms with Gasteiger partial charge >= 0.3 is 0 Å². The molecule has 0 saturated heterocycles. The van der Waals surface area contributed by atoms with Gasteiger partial charge in [-0.3, -0.25) is 14.4 Å². The van der Waals surface area contributed by atoms with E-state index in [1.807, 2.05) is 24.3 Å². The van der Waals surface area contributed by atoms with Crippen LogP contribution in [0.5, 0.6) is 0 Å². The van der Waals surface area contributed by atoms with Crippen molar-refractivity contribution in [3.8, 4) is 0 Å². The summed E-state index contributed by atoms with van der Waals surface area (Å²) < 4.78 is 0. The zero-order valence-electron chi connectivity index (χ0n) is 11.1. The Morgan fingerprint density at radius 3 is 2.14 bits per heavy atom. The van der Waals surface area contributed by atoms with E-state index >= 15 is 0 Å². The molecule has 0 fully saturated rings. The van der Waals surface area contributed by atoms with Gasteiger partial charge < -0.3 is 10.6 Å². The first kappa shape index (κ1) is 13.1. The third kappa shape index (κ3) is 2.53. The molecule has 0 saturated carbocycles. The summed E-state index contributed by atoms with van der Waals surface area (Å²) >= 11 is 0. The number of ketones is 1. The molecule has 21 heavy (non-hydrogen) atoms. The maximum atomic E-state index is 11.0. The molecule has 0 atom stereocenters. The van der Waals surface area contributed by atoms with Gasteiger partial charge in [0.2, 0.25) is 5.91 Å². The molecule has 2 aromatic carbocycles. The minimum Gasteiger partial charge on any atom is -0.326 e. The summed E-state index contributed by atoms with van der Waals surface area (Å²) in [6.07, 6.45) is 0.538. The number of amides is 2. The zero-order valence-corrected chi connectivity index (χ0v) is 11.1. The van der Waals surface area contributed by atoms with Crippen LogP contribution in [0.25, 0.3) is 0 Å². The van der Waals surface area contributed by atoms with Gasteiger partial charge in [0.25, 0.3) is 11.7 Å². The van der Waals surface area contributed by atoms with Gasteiger partial charge in [-0.15, -0.1) is 0 Å². The second kappa shape index (κ2) is 5.20. The molecule has 0 bridgehead atoms. The summed E-state index contributed by atoms with van der Waals surface area (Å²) in [7, 11) is 0. The van der Waals surface area contributed by atoms with Crippen LogP contribution in [-0.4, -0.2) is 17.6 Å². The maximum Gasteiger partial charge on any atom is 0.296 e. The van der Waals surface area contributed by atoms with Crippen LogP contribution in [0.3, 0.4) is 0 Å². The number of nitrogens with one attached hydrogen (secondary N) is 2. The number of para-hydroxylation sites is 2. The number of fused-ring (bicyclic) bond motifs is 2. The maximum absolute atomic E-state index is 11.0. The van der Waals surface area contributed by atoms with Crippen molar-refractivity contribution < 1.29 is 14.4 Å². The summed E-state index contributed by atoms with van der Waals surface area (Å²) in [6.45, 7) is 0. The van der Waals surface area contributed by atoms with Crippen molar-refractivity contribution in [2.45, 2.75) is 6.42 Å². The Hall–Kier alpha value is -2.95. The number of rotatable bonds is 0. The Morgan fingerprint density at radius 2 is 1.43 bits per heavy atom. The Labute approximate surface area is 121 Å². The molecule has 104 valence electrons. The molecule has 2 aliphatic heterocycles. The van der Waals surface area contributed by atoms with Gasteiger partial charge in [0, 0.05) is 5.69 Å². The Morgan fingerprint density at radius 1 is 0.762 bits per heavy atom. The molecule has 2 N–H and O–H groups in total. The Kier molecular flexibility index (Phi) is 3.23. The number of Topliss-reactive ketones (excluding diaryl/α,β-unsaturated/α-hetero) is 1. The third-order valence-electron chi connectivity index (χ3n) is 3.27. The monoisotopic (exact) mass is 280 g/mol. The van der Waals surface area contributed by atoms with Gasteiger partial charge in [0.15, 0.2) is 0 Å². The minimum atomic E-state index is -0.536.